The van der Waals surface area contributed by atoms with Crippen molar-refractivity contribution in [3.8, 4) is 5.69 Å². The zero-order valence-corrected chi connectivity index (χ0v) is 14.4. The molecule has 0 saturated heterocycles. The molecule has 0 aliphatic heterocycles. The van der Waals surface area contributed by atoms with Crippen molar-refractivity contribution in [2.45, 2.75) is 6.92 Å². The van der Waals surface area contributed by atoms with Crippen LogP contribution < -0.4 is 10.9 Å². The number of hydrogen-bond acceptors (Lipinski definition) is 3. The highest BCUT2D eigenvalue weighted by Crippen LogP contribution is 2.13. The van der Waals surface area contributed by atoms with Gasteiger partial charge in [0, 0.05) is 28.1 Å². The molecule has 3 aromatic rings. The highest BCUT2D eigenvalue weighted by molar-refractivity contribution is 9.10. The Morgan fingerprint density at radius 2 is 1.75 bits per heavy atom. The predicted octanol–water partition coefficient (Wildman–Crippen LogP) is 3.56. The zero-order valence-electron chi connectivity index (χ0n) is 12.9. The maximum Gasteiger partial charge on any atom is 0.298 e. The fraction of sp³-hybridized carbons (Fsp3) is 0.0556. The van der Waals surface area contributed by atoms with Crippen molar-refractivity contribution in [3.05, 3.63) is 86.9 Å². The number of amides is 1. The van der Waals surface area contributed by atoms with Crippen molar-refractivity contribution in [1.82, 2.24) is 9.55 Å². The Hall–Kier alpha value is -2.73. The average molecular weight is 384 g/mol. The number of anilines is 1. The van der Waals surface area contributed by atoms with Crippen LogP contribution in [0, 0.1) is 6.92 Å². The maximum absolute atomic E-state index is 12.5. The smallest absolute Gasteiger partial charge is 0.298 e. The number of nitrogens with one attached hydrogen (secondary N) is 1. The Balaban J connectivity index is 1.91. The topological polar surface area (TPSA) is 64.0 Å². The van der Waals surface area contributed by atoms with Crippen LogP contribution in [0.25, 0.3) is 5.69 Å². The lowest BCUT2D eigenvalue weighted by molar-refractivity contribution is 0.102. The molecule has 24 heavy (non-hydrogen) atoms. The van der Waals surface area contributed by atoms with Gasteiger partial charge in [0.05, 0.1) is 0 Å². The van der Waals surface area contributed by atoms with Gasteiger partial charge in [0.1, 0.15) is 0 Å². The van der Waals surface area contributed by atoms with Gasteiger partial charge < -0.3 is 5.32 Å². The van der Waals surface area contributed by atoms with Gasteiger partial charge in [-0.2, -0.15) is 0 Å². The van der Waals surface area contributed by atoms with Gasteiger partial charge in [-0.15, -0.1) is 0 Å². The molecule has 1 N–H and O–H groups in total. The van der Waals surface area contributed by atoms with Crippen molar-refractivity contribution < 1.29 is 4.79 Å². The molecule has 5 nitrogen and oxygen atoms in total. The third-order valence-electron chi connectivity index (χ3n) is 3.49. The second kappa shape index (κ2) is 6.80. The third-order valence-corrected chi connectivity index (χ3v) is 4.02. The minimum atomic E-state index is -0.389. The molecule has 0 aliphatic rings. The van der Waals surface area contributed by atoms with E-state index in [2.05, 4.69) is 26.2 Å². The minimum absolute atomic E-state index is 0.00834. The fourth-order valence-electron chi connectivity index (χ4n) is 2.19. The Morgan fingerprint density at radius 1 is 1.08 bits per heavy atom. The molecule has 1 amide bonds. The lowest BCUT2D eigenvalue weighted by atomic mass is 10.1. The lowest BCUT2D eigenvalue weighted by Crippen LogP contribution is -2.26. The average Bonchev–Trinajstić information content (AvgIpc) is 2.58. The minimum Gasteiger partial charge on any atom is -0.302 e. The first-order valence-electron chi connectivity index (χ1n) is 7.26. The summed E-state index contributed by atoms with van der Waals surface area (Å²) in [4.78, 5) is 28.8. The molecular formula is C18H14BrN3O2. The van der Waals surface area contributed by atoms with Gasteiger partial charge in [0.15, 0.2) is 5.82 Å². The van der Waals surface area contributed by atoms with Crippen molar-refractivity contribution in [1.29, 1.82) is 0 Å². The van der Waals surface area contributed by atoms with Gasteiger partial charge in [-0.05, 0) is 43.3 Å². The van der Waals surface area contributed by atoms with E-state index in [0.29, 0.717) is 11.3 Å². The van der Waals surface area contributed by atoms with E-state index in [0.717, 1.165) is 10.0 Å². The Bertz CT molecular complexity index is 932. The summed E-state index contributed by atoms with van der Waals surface area (Å²) in [5.74, 6) is -0.376. The summed E-state index contributed by atoms with van der Waals surface area (Å²) in [7, 11) is 0. The van der Waals surface area contributed by atoms with Gasteiger partial charge in [0.2, 0.25) is 0 Å². The lowest BCUT2D eigenvalue weighted by Gasteiger charge is -2.09. The SMILES string of the molecule is Cc1ccc(C(=O)Nc2nccn(-c3ccc(Br)cc3)c2=O)cc1. The van der Waals surface area contributed by atoms with Crippen LogP contribution in [-0.4, -0.2) is 15.5 Å². The second-order valence-corrected chi connectivity index (χ2v) is 6.16. The van der Waals surface area contributed by atoms with E-state index in [9.17, 15) is 9.59 Å². The largest absolute Gasteiger partial charge is 0.302 e. The number of rotatable bonds is 3. The van der Waals surface area contributed by atoms with E-state index in [1.165, 1.54) is 10.8 Å². The van der Waals surface area contributed by atoms with E-state index in [4.69, 9.17) is 0 Å². The highest BCUT2D eigenvalue weighted by atomic mass is 79.9. The van der Waals surface area contributed by atoms with Gasteiger partial charge in [-0.25, -0.2) is 4.98 Å². The van der Waals surface area contributed by atoms with E-state index < -0.39 is 0 Å². The Labute approximate surface area is 147 Å². The Morgan fingerprint density at radius 3 is 2.42 bits per heavy atom. The monoisotopic (exact) mass is 383 g/mol. The third kappa shape index (κ3) is 3.44. The van der Waals surface area contributed by atoms with Crippen molar-refractivity contribution in [2.24, 2.45) is 0 Å². The standard InChI is InChI=1S/C18H14BrN3O2/c1-12-2-4-13(5-3-12)17(23)21-16-18(24)22(11-10-20-16)15-8-6-14(19)7-9-15/h2-11H,1H3,(H,20,21,23). The highest BCUT2D eigenvalue weighted by Gasteiger charge is 2.11. The summed E-state index contributed by atoms with van der Waals surface area (Å²) in [6, 6.07) is 14.4. The first-order valence-corrected chi connectivity index (χ1v) is 8.05. The zero-order chi connectivity index (χ0) is 17.1. The molecule has 0 unspecified atom stereocenters. The summed E-state index contributed by atoms with van der Waals surface area (Å²) < 4.78 is 2.35. The molecule has 6 heteroatoms. The summed E-state index contributed by atoms with van der Waals surface area (Å²) in [6.07, 6.45) is 3.04. The van der Waals surface area contributed by atoms with Crippen LogP contribution in [0.4, 0.5) is 5.82 Å². The van der Waals surface area contributed by atoms with Crippen LogP contribution in [0.15, 0.2) is 70.2 Å². The molecule has 0 spiro atoms. The number of benzene rings is 2. The van der Waals surface area contributed by atoms with E-state index in [-0.39, 0.29) is 17.3 Å². The molecule has 2 aromatic carbocycles. The first kappa shape index (κ1) is 16.1. The maximum atomic E-state index is 12.5. The van der Waals surface area contributed by atoms with E-state index in [1.54, 1.807) is 30.5 Å². The molecule has 0 radical (unpaired) electrons. The summed E-state index contributed by atoms with van der Waals surface area (Å²) in [6.45, 7) is 1.94. The van der Waals surface area contributed by atoms with E-state index >= 15 is 0 Å². The fourth-order valence-corrected chi connectivity index (χ4v) is 2.45. The molecule has 0 bridgehead atoms. The molecule has 120 valence electrons. The first-order chi connectivity index (χ1) is 11.5. The normalized spacial score (nSPS) is 10.4. The number of carbonyl (C=O) groups excluding carboxylic acids is 1. The molecule has 3 rings (SSSR count). The predicted molar refractivity (Wildman–Crippen MR) is 96.7 cm³/mol. The Kier molecular flexibility index (Phi) is 4.57. The molecular weight excluding hydrogens is 370 g/mol. The molecule has 0 atom stereocenters. The summed E-state index contributed by atoms with van der Waals surface area (Å²) >= 11 is 3.36. The quantitative estimate of drug-likeness (QED) is 0.751. The van der Waals surface area contributed by atoms with Gasteiger partial charge in [-0.3, -0.25) is 14.2 Å². The number of aromatic nitrogens is 2. The molecule has 0 fully saturated rings. The van der Waals surface area contributed by atoms with Crippen LogP contribution in [0.3, 0.4) is 0 Å². The van der Waals surface area contributed by atoms with Gasteiger partial charge in [0.25, 0.3) is 11.5 Å². The molecule has 0 aliphatic carbocycles. The van der Waals surface area contributed by atoms with Gasteiger partial charge >= 0.3 is 0 Å². The second-order valence-electron chi connectivity index (χ2n) is 5.25. The van der Waals surface area contributed by atoms with Crippen molar-refractivity contribution in [3.63, 3.8) is 0 Å². The van der Waals surface area contributed by atoms with Crippen LogP contribution in [0.1, 0.15) is 15.9 Å². The number of nitrogens with zero attached hydrogens (tertiary/aromatic N) is 2. The van der Waals surface area contributed by atoms with Crippen molar-refractivity contribution >= 4 is 27.7 Å². The van der Waals surface area contributed by atoms with Crippen LogP contribution >= 0.6 is 15.9 Å². The van der Waals surface area contributed by atoms with Crippen LogP contribution in [-0.2, 0) is 0 Å². The van der Waals surface area contributed by atoms with Crippen molar-refractivity contribution in [2.75, 3.05) is 5.32 Å². The number of carbonyl (C=O) groups is 1. The summed E-state index contributed by atoms with van der Waals surface area (Å²) in [5.41, 5.74) is 1.83. The number of aryl methyl sites for hydroxylation is 1. The number of halogens is 1. The number of hydrogen-bond donors (Lipinski definition) is 1. The van der Waals surface area contributed by atoms with Crippen LogP contribution in [0.2, 0.25) is 0 Å². The summed E-state index contributed by atoms with van der Waals surface area (Å²) in [5, 5.41) is 2.57. The molecule has 0 saturated carbocycles. The molecule has 1 heterocycles. The van der Waals surface area contributed by atoms with Crippen LogP contribution in [0.5, 0.6) is 0 Å². The van der Waals surface area contributed by atoms with E-state index in [1.807, 2.05) is 31.2 Å². The molecule has 1 aromatic heterocycles. The van der Waals surface area contributed by atoms with Gasteiger partial charge in [-0.1, -0.05) is 33.6 Å².